The van der Waals surface area contributed by atoms with Crippen molar-refractivity contribution in [3.63, 3.8) is 0 Å². The van der Waals surface area contributed by atoms with Gasteiger partial charge in [-0.05, 0) is 49.7 Å². The molecule has 0 aliphatic carbocycles. The lowest BCUT2D eigenvalue weighted by Crippen LogP contribution is -2.13. The first-order valence-corrected chi connectivity index (χ1v) is 11.9. The van der Waals surface area contributed by atoms with E-state index in [2.05, 4.69) is 45.2 Å². The molecule has 1 aromatic carbocycles. The highest BCUT2D eigenvalue weighted by Crippen LogP contribution is 2.38. The smallest absolute Gasteiger partial charge is 0.141 e. The largest absolute Gasteiger partial charge is 0.361 e. The summed E-state index contributed by atoms with van der Waals surface area (Å²) in [5, 5.41) is 13.4. The van der Waals surface area contributed by atoms with Crippen molar-refractivity contribution in [2.75, 3.05) is 0 Å². The first-order chi connectivity index (χ1) is 18.1. The number of hydrogen-bond acceptors (Lipinski definition) is 6. The van der Waals surface area contributed by atoms with Gasteiger partial charge in [0, 0.05) is 47.0 Å². The zero-order chi connectivity index (χ0) is 25.4. The summed E-state index contributed by atoms with van der Waals surface area (Å²) in [6, 6.07) is 23.9. The molecule has 0 bridgehead atoms. The molecule has 0 saturated carbocycles. The molecular formula is C30H22N6O. The van der Waals surface area contributed by atoms with Crippen molar-refractivity contribution in [1.82, 2.24) is 24.7 Å². The van der Waals surface area contributed by atoms with Crippen molar-refractivity contribution < 1.29 is 4.52 Å². The number of aryl methyl sites for hydroxylation is 2. The predicted octanol–water partition coefficient (Wildman–Crippen LogP) is 6.27. The van der Waals surface area contributed by atoms with E-state index in [0.717, 1.165) is 56.0 Å². The van der Waals surface area contributed by atoms with E-state index in [-0.39, 0.29) is 6.04 Å². The molecule has 37 heavy (non-hydrogen) atoms. The van der Waals surface area contributed by atoms with Gasteiger partial charge in [0.25, 0.3) is 0 Å². The summed E-state index contributed by atoms with van der Waals surface area (Å²) in [5.74, 6) is 0.748. The highest BCUT2D eigenvalue weighted by Gasteiger charge is 2.24. The molecule has 0 radical (unpaired) electrons. The van der Waals surface area contributed by atoms with Crippen molar-refractivity contribution in [2.24, 2.45) is 0 Å². The van der Waals surface area contributed by atoms with Crippen LogP contribution in [0.4, 0.5) is 0 Å². The van der Waals surface area contributed by atoms with Gasteiger partial charge in [-0.3, -0.25) is 9.97 Å². The Kier molecular flexibility index (Phi) is 5.55. The van der Waals surface area contributed by atoms with Crippen LogP contribution < -0.4 is 0 Å². The summed E-state index contributed by atoms with van der Waals surface area (Å²) in [5.41, 5.74) is 8.66. The fraction of sp³-hybridized carbons (Fsp3) is 0.100. The minimum atomic E-state index is -0.188. The number of benzene rings is 1. The van der Waals surface area contributed by atoms with Crippen LogP contribution in [-0.2, 0) is 0 Å². The molecule has 7 nitrogen and oxygen atoms in total. The number of nitrogens with zero attached hydrogens (tertiary/aromatic N) is 6. The fourth-order valence-electron chi connectivity index (χ4n) is 4.85. The third-order valence-electron chi connectivity index (χ3n) is 6.54. The summed E-state index contributed by atoms with van der Waals surface area (Å²) in [7, 11) is 0. The monoisotopic (exact) mass is 482 g/mol. The van der Waals surface area contributed by atoms with Crippen LogP contribution in [0.3, 0.4) is 0 Å². The van der Waals surface area contributed by atoms with Gasteiger partial charge in [-0.25, -0.2) is 4.98 Å². The van der Waals surface area contributed by atoms with Gasteiger partial charge in [0.15, 0.2) is 0 Å². The summed E-state index contributed by atoms with van der Waals surface area (Å²) >= 11 is 0. The average molecular weight is 483 g/mol. The Morgan fingerprint density at radius 1 is 0.892 bits per heavy atom. The van der Waals surface area contributed by atoms with E-state index in [9.17, 15) is 5.26 Å². The quantitative estimate of drug-likeness (QED) is 0.287. The molecule has 1 atom stereocenters. The standard InChI is InChI=1S/C30H22N6O/c1-19-28(20(2)37-35-19)23-14-27-29(34-17-23)25(22-11-12-24(15-31)33-16-22)18-36(27)30(21-8-4-3-5-9-21)26-10-6-7-13-32-26/h3-14,16-18,30H,1-2H3. The molecule has 0 saturated heterocycles. The second kappa shape index (κ2) is 9.17. The molecule has 0 N–H and O–H groups in total. The van der Waals surface area contributed by atoms with E-state index < -0.39 is 0 Å². The third kappa shape index (κ3) is 3.95. The highest BCUT2D eigenvalue weighted by atomic mass is 16.5. The Morgan fingerprint density at radius 3 is 2.38 bits per heavy atom. The third-order valence-corrected chi connectivity index (χ3v) is 6.54. The number of nitriles is 1. The number of hydrogen-bond donors (Lipinski definition) is 0. The van der Waals surface area contributed by atoms with E-state index in [1.165, 1.54) is 0 Å². The van der Waals surface area contributed by atoms with Crippen molar-refractivity contribution in [2.45, 2.75) is 19.9 Å². The van der Waals surface area contributed by atoms with E-state index in [1.807, 2.05) is 68.7 Å². The van der Waals surface area contributed by atoms with E-state index in [0.29, 0.717) is 5.69 Å². The van der Waals surface area contributed by atoms with Gasteiger partial charge in [0.2, 0.25) is 0 Å². The van der Waals surface area contributed by atoms with Crippen molar-refractivity contribution >= 4 is 11.0 Å². The van der Waals surface area contributed by atoms with Crippen LogP contribution in [0.1, 0.15) is 34.4 Å². The summed E-state index contributed by atoms with van der Waals surface area (Å²) in [6.07, 6.45) is 7.50. The van der Waals surface area contributed by atoms with Gasteiger partial charge in [-0.2, -0.15) is 5.26 Å². The van der Waals surface area contributed by atoms with Crippen LogP contribution in [0.2, 0.25) is 0 Å². The van der Waals surface area contributed by atoms with Crippen LogP contribution in [0, 0.1) is 25.2 Å². The zero-order valence-corrected chi connectivity index (χ0v) is 20.3. The molecule has 0 amide bonds. The van der Waals surface area contributed by atoms with Gasteiger partial charge in [0.1, 0.15) is 23.6 Å². The van der Waals surface area contributed by atoms with Crippen LogP contribution in [0.5, 0.6) is 0 Å². The molecule has 5 aromatic heterocycles. The molecule has 1 unspecified atom stereocenters. The maximum absolute atomic E-state index is 9.22. The minimum absolute atomic E-state index is 0.188. The Labute approximate surface area is 213 Å². The fourth-order valence-corrected chi connectivity index (χ4v) is 4.85. The Bertz CT molecular complexity index is 1690. The molecular weight excluding hydrogens is 460 g/mol. The number of fused-ring (bicyclic) bond motifs is 1. The van der Waals surface area contributed by atoms with Crippen molar-refractivity contribution in [3.05, 3.63) is 120 Å². The SMILES string of the molecule is Cc1noc(C)c1-c1cnc2c(-c3ccc(C#N)nc3)cn(C(c3ccccc3)c3ccccn3)c2c1. The topological polar surface area (TPSA) is 93.4 Å². The number of aromatic nitrogens is 5. The molecule has 0 fully saturated rings. The van der Waals surface area contributed by atoms with Crippen molar-refractivity contribution in [3.8, 4) is 28.3 Å². The van der Waals surface area contributed by atoms with Gasteiger partial charge >= 0.3 is 0 Å². The average Bonchev–Trinajstić information content (AvgIpc) is 3.49. The predicted molar refractivity (Wildman–Crippen MR) is 141 cm³/mol. The maximum Gasteiger partial charge on any atom is 0.141 e. The molecule has 6 rings (SSSR count). The van der Waals surface area contributed by atoms with E-state index >= 15 is 0 Å². The molecule has 0 aliphatic rings. The molecule has 0 spiro atoms. The Morgan fingerprint density at radius 2 is 1.70 bits per heavy atom. The number of rotatable bonds is 5. The van der Waals surface area contributed by atoms with Gasteiger partial charge < -0.3 is 9.09 Å². The molecule has 7 heteroatoms. The Balaban J connectivity index is 1.65. The normalized spacial score (nSPS) is 11.9. The van der Waals surface area contributed by atoms with Gasteiger partial charge in [-0.15, -0.1) is 0 Å². The first-order valence-electron chi connectivity index (χ1n) is 11.9. The van der Waals surface area contributed by atoms with Crippen LogP contribution in [0.25, 0.3) is 33.3 Å². The van der Waals surface area contributed by atoms with Crippen molar-refractivity contribution in [1.29, 1.82) is 5.26 Å². The molecule has 178 valence electrons. The lowest BCUT2D eigenvalue weighted by atomic mass is 10.0. The molecule has 6 aromatic rings. The number of pyridine rings is 3. The van der Waals surface area contributed by atoms with Gasteiger partial charge in [-0.1, -0.05) is 41.6 Å². The first kappa shape index (κ1) is 22.4. The Hall–Kier alpha value is -5.09. The summed E-state index contributed by atoms with van der Waals surface area (Å²) in [6.45, 7) is 3.84. The van der Waals surface area contributed by atoms with E-state index in [4.69, 9.17) is 14.5 Å². The highest BCUT2D eigenvalue weighted by molar-refractivity contribution is 5.95. The van der Waals surface area contributed by atoms with Crippen LogP contribution in [-0.4, -0.2) is 24.7 Å². The minimum Gasteiger partial charge on any atom is -0.361 e. The maximum atomic E-state index is 9.22. The lowest BCUT2D eigenvalue weighted by Gasteiger charge is -2.20. The molecule has 0 aliphatic heterocycles. The van der Waals surface area contributed by atoms with Crippen LogP contribution >= 0.6 is 0 Å². The second-order valence-corrected chi connectivity index (χ2v) is 8.85. The zero-order valence-electron chi connectivity index (χ0n) is 20.3. The van der Waals surface area contributed by atoms with Crippen LogP contribution in [0.15, 0.2) is 96.0 Å². The second-order valence-electron chi connectivity index (χ2n) is 8.85. The summed E-state index contributed by atoms with van der Waals surface area (Å²) in [4.78, 5) is 14.0. The molecule has 5 heterocycles. The lowest BCUT2D eigenvalue weighted by molar-refractivity contribution is 0.393. The van der Waals surface area contributed by atoms with Gasteiger partial charge in [0.05, 0.1) is 22.4 Å². The summed E-state index contributed by atoms with van der Waals surface area (Å²) < 4.78 is 7.66. The van der Waals surface area contributed by atoms with E-state index in [1.54, 1.807) is 12.3 Å².